The minimum atomic E-state index is -4.60. The third-order valence-electron chi connectivity index (χ3n) is 8.16. The van der Waals surface area contributed by atoms with Gasteiger partial charge in [0.1, 0.15) is 18.3 Å². The molecule has 0 unspecified atom stereocenters. The zero-order valence-electron chi connectivity index (χ0n) is 21.5. The Morgan fingerprint density at radius 3 is 2.54 bits per heavy atom. The normalized spacial score (nSPS) is 19.8. The van der Waals surface area contributed by atoms with Gasteiger partial charge in [-0.1, -0.05) is 12.1 Å². The van der Waals surface area contributed by atoms with E-state index < -0.39 is 23.8 Å². The SMILES string of the molecule is Cn1cnnc1CC1(c2cccc(N3Cc4c(cc(CN5CCC(F)CC5)cc4C(F)(F)F)C3=O)c2)COC1. The summed E-state index contributed by atoms with van der Waals surface area (Å²) in [4.78, 5) is 16.9. The molecular formula is C28H29F4N5O2. The second kappa shape index (κ2) is 9.71. The topological polar surface area (TPSA) is 63.5 Å². The second-order valence-corrected chi connectivity index (χ2v) is 10.9. The van der Waals surface area contributed by atoms with E-state index in [4.69, 9.17) is 4.74 Å². The number of carbonyl (C=O) groups is 1. The zero-order chi connectivity index (χ0) is 27.4. The summed E-state index contributed by atoms with van der Waals surface area (Å²) in [5.74, 6) is 0.343. The predicted octanol–water partition coefficient (Wildman–Crippen LogP) is 4.44. The molecule has 4 heterocycles. The van der Waals surface area contributed by atoms with E-state index in [2.05, 4.69) is 10.2 Å². The van der Waals surface area contributed by atoms with Crippen molar-refractivity contribution < 1.29 is 27.1 Å². The first-order valence-corrected chi connectivity index (χ1v) is 13.1. The lowest BCUT2D eigenvalue weighted by Gasteiger charge is -2.42. The summed E-state index contributed by atoms with van der Waals surface area (Å²) < 4.78 is 63.5. The minimum Gasteiger partial charge on any atom is -0.379 e. The number of aryl methyl sites for hydroxylation is 1. The zero-order valence-corrected chi connectivity index (χ0v) is 21.5. The highest BCUT2D eigenvalue weighted by molar-refractivity contribution is 6.10. The summed E-state index contributed by atoms with van der Waals surface area (Å²) >= 11 is 0. The van der Waals surface area contributed by atoms with Crippen LogP contribution in [0.15, 0.2) is 42.7 Å². The van der Waals surface area contributed by atoms with Crippen LogP contribution in [0, 0.1) is 0 Å². The number of anilines is 1. The van der Waals surface area contributed by atoms with Crippen molar-refractivity contribution in [3.05, 3.63) is 76.4 Å². The number of rotatable bonds is 6. The maximum Gasteiger partial charge on any atom is 0.416 e. The highest BCUT2D eigenvalue weighted by Crippen LogP contribution is 2.42. The van der Waals surface area contributed by atoms with Crippen LogP contribution in [0.3, 0.4) is 0 Å². The summed E-state index contributed by atoms with van der Waals surface area (Å²) in [6.45, 7) is 1.99. The Bertz CT molecular complexity index is 1390. The minimum absolute atomic E-state index is 0.00936. The Balaban J connectivity index is 1.30. The fourth-order valence-electron chi connectivity index (χ4n) is 5.83. The van der Waals surface area contributed by atoms with Gasteiger partial charge in [-0.25, -0.2) is 4.39 Å². The average Bonchev–Trinajstić information content (AvgIpc) is 3.44. The highest BCUT2D eigenvalue weighted by Gasteiger charge is 2.43. The van der Waals surface area contributed by atoms with Gasteiger partial charge in [-0.2, -0.15) is 13.2 Å². The first kappa shape index (κ1) is 25.9. The van der Waals surface area contributed by atoms with Crippen LogP contribution in [0.25, 0.3) is 0 Å². The monoisotopic (exact) mass is 543 g/mol. The van der Waals surface area contributed by atoms with Crippen LogP contribution in [-0.4, -0.2) is 58.0 Å². The third-order valence-corrected chi connectivity index (χ3v) is 8.16. The Morgan fingerprint density at radius 2 is 1.90 bits per heavy atom. The van der Waals surface area contributed by atoms with Gasteiger partial charge in [0.2, 0.25) is 0 Å². The van der Waals surface area contributed by atoms with Gasteiger partial charge in [0.15, 0.2) is 0 Å². The van der Waals surface area contributed by atoms with Crippen LogP contribution in [0.1, 0.15) is 51.3 Å². The molecule has 7 nitrogen and oxygen atoms in total. The van der Waals surface area contributed by atoms with Gasteiger partial charge < -0.3 is 14.2 Å². The molecule has 0 saturated carbocycles. The van der Waals surface area contributed by atoms with Crippen LogP contribution in [0.4, 0.5) is 23.2 Å². The van der Waals surface area contributed by atoms with Gasteiger partial charge in [-0.3, -0.25) is 9.69 Å². The molecule has 2 saturated heterocycles. The van der Waals surface area contributed by atoms with Crippen LogP contribution >= 0.6 is 0 Å². The molecule has 3 aromatic rings. The molecule has 3 aliphatic rings. The number of piperidine rings is 1. The van der Waals surface area contributed by atoms with Crippen molar-refractivity contribution in [2.24, 2.45) is 7.05 Å². The number of hydrogen-bond donors (Lipinski definition) is 0. The first-order valence-electron chi connectivity index (χ1n) is 13.1. The first-order chi connectivity index (χ1) is 18.6. The molecule has 0 spiro atoms. The van der Waals surface area contributed by atoms with E-state index in [9.17, 15) is 22.4 Å². The summed E-state index contributed by atoms with van der Waals surface area (Å²) in [5, 5.41) is 8.15. The summed E-state index contributed by atoms with van der Waals surface area (Å²) in [6.07, 6.45) is -2.53. The van der Waals surface area contributed by atoms with Crippen molar-refractivity contribution in [1.82, 2.24) is 19.7 Å². The van der Waals surface area contributed by atoms with Crippen molar-refractivity contribution in [2.45, 2.75) is 50.1 Å². The number of aromatic nitrogens is 3. The maximum atomic E-state index is 14.2. The number of alkyl halides is 4. The van der Waals surface area contributed by atoms with Gasteiger partial charge in [-0.05, 0) is 53.8 Å². The standard InChI is InChI=1S/C28H29F4N5O2/c1-35-17-33-34-25(35)12-27(15-39-16-27)19-3-2-4-21(11-19)37-14-23-22(26(37)38)9-18(10-24(23)28(30,31)32)13-36-7-5-20(29)6-8-36/h2-4,9-11,17,20H,5-8,12-16H2,1H3. The molecule has 0 bridgehead atoms. The largest absolute Gasteiger partial charge is 0.416 e. The highest BCUT2D eigenvalue weighted by atomic mass is 19.4. The summed E-state index contributed by atoms with van der Waals surface area (Å²) in [7, 11) is 1.87. The lowest BCUT2D eigenvalue weighted by atomic mass is 9.75. The number of likely N-dealkylation sites (tertiary alicyclic amines) is 1. The third kappa shape index (κ3) is 4.82. The number of fused-ring (bicyclic) bond motifs is 1. The van der Waals surface area contributed by atoms with Crippen LogP contribution in [-0.2, 0) is 42.9 Å². The molecule has 0 aliphatic carbocycles. The quantitative estimate of drug-likeness (QED) is 0.431. The van der Waals surface area contributed by atoms with Gasteiger partial charge in [0.25, 0.3) is 5.91 Å². The molecule has 6 rings (SSSR count). The van der Waals surface area contributed by atoms with Crippen molar-refractivity contribution in [3.63, 3.8) is 0 Å². The van der Waals surface area contributed by atoms with Crippen molar-refractivity contribution in [3.8, 4) is 0 Å². The van der Waals surface area contributed by atoms with Crippen molar-refractivity contribution >= 4 is 11.6 Å². The fourth-order valence-corrected chi connectivity index (χ4v) is 5.83. The van der Waals surface area contributed by atoms with E-state index in [0.29, 0.717) is 56.8 Å². The Labute approximate surface area is 223 Å². The predicted molar refractivity (Wildman–Crippen MR) is 135 cm³/mol. The molecule has 2 aromatic carbocycles. The van der Waals surface area contributed by atoms with Crippen LogP contribution < -0.4 is 4.90 Å². The van der Waals surface area contributed by atoms with Crippen molar-refractivity contribution in [2.75, 3.05) is 31.2 Å². The van der Waals surface area contributed by atoms with E-state index >= 15 is 0 Å². The van der Waals surface area contributed by atoms with E-state index in [1.54, 1.807) is 18.5 Å². The molecule has 1 aromatic heterocycles. The van der Waals surface area contributed by atoms with Gasteiger partial charge in [0, 0.05) is 49.8 Å². The summed E-state index contributed by atoms with van der Waals surface area (Å²) in [5.41, 5.74) is 0.814. The molecule has 39 heavy (non-hydrogen) atoms. The number of carbonyl (C=O) groups excluding carboxylic acids is 1. The number of halogens is 4. The molecule has 206 valence electrons. The smallest absolute Gasteiger partial charge is 0.379 e. The van der Waals surface area contributed by atoms with Gasteiger partial charge in [0.05, 0.1) is 25.3 Å². The molecular weight excluding hydrogens is 514 g/mol. The molecule has 2 fully saturated rings. The molecule has 1 amide bonds. The number of ether oxygens (including phenoxy) is 1. The fraction of sp³-hybridized carbons (Fsp3) is 0.464. The molecule has 11 heteroatoms. The Hall–Kier alpha value is -3.31. The van der Waals surface area contributed by atoms with E-state index in [0.717, 1.165) is 17.5 Å². The van der Waals surface area contributed by atoms with Crippen molar-refractivity contribution in [1.29, 1.82) is 0 Å². The summed E-state index contributed by atoms with van der Waals surface area (Å²) in [6, 6.07) is 10.1. The van der Waals surface area contributed by atoms with Crippen LogP contribution in [0.5, 0.6) is 0 Å². The Kier molecular flexibility index (Phi) is 6.46. The van der Waals surface area contributed by atoms with Gasteiger partial charge >= 0.3 is 6.18 Å². The van der Waals surface area contributed by atoms with E-state index in [1.807, 2.05) is 34.7 Å². The molecule has 0 N–H and O–H groups in total. The van der Waals surface area contributed by atoms with Crippen LogP contribution in [0.2, 0.25) is 0 Å². The molecule has 0 atom stereocenters. The number of nitrogens with zero attached hydrogens (tertiary/aromatic N) is 5. The number of amides is 1. The van der Waals surface area contributed by atoms with E-state index in [1.165, 1.54) is 4.90 Å². The molecule has 0 radical (unpaired) electrons. The number of benzene rings is 2. The maximum absolute atomic E-state index is 14.2. The lowest BCUT2D eigenvalue weighted by molar-refractivity contribution is -0.138. The number of hydrogen-bond acceptors (Lipinski definition) is 5. The van der Waals surface area contributed by atoms with E-state index in [-0.39, 0.29) is 29.6 Å². The second-order valence-electron chi connectivity index (χ2n) is 10.9. The molecule has 3 aliphatic heterocycles. The average molecular weight is 544 g/mol. The van der Waals surface area contributed by atoms with Gasteiger partial charge in [-0.15, -0.1) is 10.2 Å². The lowest BCUT2D eigenvalue weighted by Crippen LogP contribution is -2.49. The Morgan fingerprint density at radius 1 is 1.13 bits per heavy atom.